The van der Waals surface area contributed by atoms with Crippen molar-refractivity contribution < 1.29 is 0 Å². The third-order valence-electron chi connectivity index (χ3n) is 7.87. The first kappa shape index (κ1) is 25.5. The van der Waals surface area contributed by atoms with Crippen LogP contribution in [0.4, 0.5) is 0 Å². The second kappa shape index (κ2) is 10.8. The zero-order chi connectivity index (χ0) is 27.8. The average molecular weight is 546 g/mol. The minimum absolute atomic E-state index is 1.07. The summed E-state index contributed by atoms with van der Waals surface area (Å²) in [6.07, 6.45) is 10.6. The number of benzene rings is 4. The van der Waals surface area contributed by atoms with E-state index in [1.165, 1.54) is 77.4 Å². The Morgan fingerprint density at radius 2 is 1.73 bits per heavy atom. The lowest BCUT2D eigenvalue weighted by Gasteiger charge is -2.12. The van der Waals surface area contributed by atoms with Gasteiger partial charge in [0.15, 0.2) is 0 Å². The molecule has 0 atom stereocenters. The summed E-state index contributed by atoms with van der Waals surface area (Å²) in [6.45, 7) is 4.41. The number of allylic oxidation sites excluding steroid dienone is 2. The van der Waals surface area contributed by atoms with E-state index in [1.807, 2.05) is 17.8 Å². The van der Waals surface area contributed by atoms with Crippen molar-refractivity contribution in [3.63, 3.8) is 0 Å². The van der Waals surface area contributed by atoms with Crippen molar-refractivity contribution in [2.24, 2.45) is 0 Å². The molecule has 0 N–H and O–H groups in total. The molecule has 0 amide bonds. The van der Waals surface area contributed by atoms with Gasteiger partial charge < -0.3 is 4.57 Å². The number of hydrogen-bond acceptors (Lipinski definition) is 1. The van der Waals surface area contributed by atoms with Gasteiger partial charge in [0.05, 0.1) is 10.9 Å². The maximum absolute atomic E-state index is 3.32. The van der Waals surface area contributed by atoms with E-state index in [1.54, 1.807) is 0 Å². The maximum atomic E-state index is 3.32. The number of thioether (sulfide) groups is 1. The van der Waals surface area contributed by atoms with Crippen molar-refractivity contribution in [3.05, 3.63) is 142 Å². The van der Waals surface area contributed by atoms with Crippen LogP contribution in [0.25, 0.3) is 50.6 Å². The van der Waals surface area contributed by atoms with Gasteiger partial charge in [0.25, 0.3) is 0 Å². The second-order valence-corrected chi connectivity index (χ2v) is 11.9. The molecule has 0 spiro atoms. The average Bonchev–Trinajstić information content (AvgIpc) is 3.28. The van der Waals surface area contributed by atoms with Gasteiger partial charge in [-0.15, -0.1) is 0 Å². The molecule has 1 nitrogen and oxygen atoms in total. The standard InChI is InChI=1S/C39H31NS/c1-3-4-5-15-34-26-38-36(24-32-23-30-12-6-7-13-31(30)25-39(32)41-34)35-16-8-9-17-37(35)40(38)33-20-18-28(19-21-33)29-14-10-11-27(2)22-29/h7-11,13-26H,3-5H2,1-2H3/b34-15-,36-24-,38-26+. The Bertz CT molecular complexity index is 2060. The zero-order valence-corrected chi connectivity index (χ0v) is 24.3. The van der Waals surface area contributed by atoms with Crippen LogP contribution in [0.3, 0.4) is 0 Å². The summed E-state index contributed by atoms with van der Waals surface area (Å²) >= 11 is 1.87. The first-order valence-electron chi connectivity index (χ1n) is 14.4. The molecule has 0 saturated carbocycles. The lowest BCUT2D eigenvalue weighted by Crippen LogP contribution is -2.29. The molecular weight excluding hydrogens is 515 g/mol. The van der Waals surface area contributed by atoms with E-state index in [0.29, 0.717) is 0 Å². The van der Waals surface area contributed by atoms with Gasteiger partial charge in [0, 0.05) is 31.5 Å². The molecule has 5 aromatic carbocycles. The Hall–Kier alpha value is -4.45. The number of aryl methyl sites for hydroxylation is 1. The highest BCUT2D eigenvalue weighted by atomic mass is 32.2. The van der Waals surface area contributed by atoms with E-state index in [9.17, 15) is 0 Å². The highest BCUT2D eigenvalue weighted by molar-refractivity contribution is 8.03. The summed E-state index contributed by atoms with van der Waals surface area (Å²) in [5.41, 5.74) is 7.38. The fourth-order valence-corrected chi connectivity index (χ4v) is 6.84. The summed E-state index contributed by atoms with van der Waals surface area (Å²) in [7, 11) is 0. The predicted molar refractivity (Wildman–Crippen MR) is 176 cm³/mol. The number of unbranched alkanes of at least 4 members (excludes halogenated alkanes) is 2. The van der Waals surface area contributed by atoms with Crippen molar-refractivity contribution in [2.75, 3.05) is 0 Å². The molecule has 1 aromatic heterocycles. The van der Waals surface area contributed by atoms with Crippen LogP contribution < -0.4 is 10.6 Å². The Labute approximate surface area is 246 Å². The van der Waals surface area contributed by atoms with Crippen molar-refractivity contribution in [2.45, 2.75) is 38.0 Å². The van der Waals surface area contributed by atoms with Gasteiger partial charge in [-0.2, -0.15) is 0 Å². The van der Waals surface area contributed by atoms with Crippen molar-refractivity contribution in [1.82, 2.24) is 4.57 Å². The lowest BCUT2D eigenvalue weighted by atomic mass is 10.0. The predicted octanol–water partition coefficient (Wildman–Crippen LogP) is 9.15. The molecule has 0 aliphatic carbocycles. The van der Waals surface area contributed by atoms with Crippen molar-refractivity contribution in [3.8, 4) is 16.8 Å². The van der Waals surface area contributed by atoms with E-state index >= 15 is 0 Å². The van der Waals surface area contributed by atoms with Crippen molar-refractivity contribution >= 4 is 45.6 Å². The van der Waals surface area contributed by atoms with Crippen LogP contribution >= 0.6 is 11.8 Å². The minimum atomic E-state index is 1.07. The SMILES string of the molecule is CCCC/C=C1/C=c2\c(c3ccccc3n2-c2ccc(-c3cccc(C)c3)cc2)=C/c2cc3c#cccc3cc2S1. The third-order valence-corrected chi connectivity index (χ3v) is 8.97. The Morgan fingerprint density at radius 3 is 2.59 bits per heavy atom. The van der Waals surface area contributed by atoms with Crippen LogP contribution in [0, 0.1) is 19.1 Å². The summed E-state index contributed by atoms with van der Waals surface area (Å²) in [5, 5.41) is 6.04. The van der Waals surface area contributed by atoms with Gasteiger partial charge in [-0.1, -0.05) is 110 Å². The molecule has 0 radical (unpaired) electrons. The lowest BCUT2D eigenvalue weighted by molar-refractivity contribution is 0.814. The highest BCUT2D eigenvalue weighted by Gasteiger charge is 2.15. The minimum Gasteiger partial charge on any atom is -0.309 e. The summed E-state index contributed by atoms with van der Waals surface area (Å²) in [5.74, 6) is 0. The van der Waals surface area contributed by atoms with Gasteiger partial charge in [-0.3, -0.25) is 0 Å². The fraction of sp³-hybridized carbons (Fsp3) is 0.128. The molecule has 7 rings (SSSR count). The van der Waals surface area contributed by atoms with Gasteiger partial charge in [-0.05, 0) is 90.0 Å². The molecule has 2 heteroatoms. The molecule has 0 saturated heterocycles. The molecule has 1 aliphatic heterocycles. The molecule has 1 aliphatic rings. The van der Waals surface area contributed by atoms with Crippen LogP contribution in [0.2, 0.25) is 0 Å². The number of fused-ring (bicyclic) bond motifs is 5. The van der Waals surface area contributed by atoms with Gasteiger partial charge in [-0.25, -0.2) is 0 Å². The molecule has 0 bridgehead atoms. The first-order valence-corrected chi connectivity index (χ1v) is 15.2. The highest BCUT2D eigenvalue weighted by Crippen LogP contribution is 2.35. The quantitative estimate of drug-likeness (QED) is 0.196. The number of nitrogens with zero attached hydrogens (tertiary/aromatic N) is 1. The van der Waals surface area contributed by atoms with E-state index in [0.717, 1.165) is 11.8 Å². The first-order chi connectivity index (χ1) is 20.2. The van der Waals surface area contributed by atoms with Crippen LogP contribution in [-0.2, 0) is 0 Å². The maximum Gasteiger partial charge on any atom is 0.0552 e. The summed E-state index contributed by atoms with van der Waals surface area (Å²) in [4.78, 5) is 2.57. The Balaban J connectivity index is 1.49. The smallest absolute Gasteiger partial charge is 0.0552 e. The molecular formula is C39H31NS. The molecule has 198 valence electrons. The molecule has 6 aromatic rings. The van der Waals surface area contributed by atoms with Crippen LogP contribution in [-0.4, -0.2) is 4.57 Å². The number of para-hydroxylation sites is 1. The Kier molecular flexibility index (Phi) is 6.75. The fourth-order valence-electron chi connectivity index (χ4n) is 5.79. The largest absolute Gasteiger partial charge is 0.309 e. The Morgan fingerprint density at radius 1 is 0.854 bits per heavy atom. The second-order valence-electron chi connectivity index (χ2n) is 10.8. The van der Waals surface area contributed by atoms with Crippen LogP contribution in [0.1, 0.15) is 37.3 Å². The number of hydrogen-bond donors (Lipinski definition) is 0. The summed E-state index contributed by atoms with van der Waals surface area (Å²) < 4.78 is 2.43. The monoisotopic (exact) mass is 545 g/mol. The van der Waals surface area contributed by atoms with E-state index in [2.05, 4.69) is 140 Å². The number of rotatable bonds is 5. The van der Waals surface area contributed by atoms with E-state index in [-0.39, 0.29) is 0 Å². The van der Waals surface area contributed by atoms with Crippen LogP contribution in [0.15, 0.2) is 113 Å². The topological polar surface area (TPSA) is 4.93 Å². The molecule has 0 fully saturated rings. The van der Waals surface area contributed by atoms with E-state index in [4.69, 9.17) is 0 Å². The van der Waals surface area contributed by atoms with Gasteiger partial charge in [0.1, 0.15) is 0 Å². The third kappa shape index (κ3) is 4.88. The summed E-state index contributed by atoms with van der Waals surface area (Å²) in [6, 6.07) is 41.7. The number of aromatic nitrogens is 1. The van der Waals surface area contributed by atoms with Gasteiger partial charge >= 0.3 is 0 Å². The van der Waals surface area contributed by atoms with E-state index < -0.39 is 0 Å². The molecule has 2 heterocycles. The molecule has 41 heavy (non-hydrogen) atoms. The van der Waals surface area contributed by atoms with Crippen molar-refractivity contribution in [1.29, 1.82) is 0 Å². The normalized spacial score (nSPS) is 15.2. The van der Waals surface area contributed by atoms with Gasteiger partial charge in [0.2, 0.25) is 0 Å². The molecule has 0 unspecified atom stereocenters. The zero-order valence-electron chi connectivity index (χ0n) is 23.4. The van der Waals surface area contributed by atoms with Crippen LogP contribution in [0.5, 0.6) is 0 Å².